The molecule has 1 aromatic carbocycles. The van der Waals surface area contributed by atoms with Crippen LogP contribution in [0.2, 0.25) is 0 Å². The molecule has 6 nitrogen and oxygen atoms in total. The number of benzene rings is 1. The molecular formula is C13H18N2O4S. The van der Waals surface area contributed by atoms with Gasteiger partial charge in [-0.15, -0.1) is 0 Å². The van der Waals surface area contributed by atoms with Crippen molar-refractivity contribution in [2.45, 2.75) is 17.7 Å². The summed E-state index contributed by atoms with van der Waals surface area (Å²) in [5.74, 6) is -0.391. The Balaban J connectivity index is 2.23. The lowest BCUT2D eigenvalue weighted by molar-refractivity contribution is 0.0944. The third-order valence-electron chi connectivity index (χ3n) is 3.20. The average molecular weight is 298 g/mol. The zero-order valence-corrected chi connectivity index (χ0v) is 11.9. The summed E-state index contributed by atoms with van der Waals surface area (Å²) in [4.78, 5) is 11.9. The molecule has 1 aromatic rings. The lowest BCUT2D eigenvalue weighted by Crippen LogP contribution is -2.29. The van der Waals surface area contributed by atoms with Crippen molar-refractivity contribution in [3.63, 3.8) is 0 Å². The van der Waals surface area contributed by atoms with E-state index in [4.69, 9.17) is 5.11 Å². The number of rotatable bonds is 5. The second-order valence-corrected chi connectivity index (χ2v) is 6.56. The minimum atomic E-state index is -3.51. The second-order valence-electron chi connectivity index (χ2n) is 4.62. The zero-order valence-electron chi connectivity index (χ0n) is 11.1. The molecule has 0 atom stereocenters. The van der Waals surface area contributed by atoms with E-state index in [1.54, 1.807) is 12.1 Å². The third kappa shape index (κ3) is 3.17. The molecule has 0 bridgehead atoms. The molecule has 7 heteroatoms. The molecule has 1 fully saturated rings. The molecule has 1 aliphatic heterocycles. The minimum absolute atomic E-state index is 0.135. The van der Waals surface area contributed by atoms with Crippen molar-refractivity contribution in [1.29, 1.82) is 0 Å². The van der Waals surface area contributed by atoms with Crippen molar-refractivity contribution < 1.29 is 18.3 Å². The normalized spacial score (nSPS) is 16.2. The summed E-state index contributed by atoms with van der Waals surface area (Å²) in [6.45, 7) is 1.05. The number of nitrogens with one attached hydrogen (secondary N) is 1. The summed E-state index contributed by atoms with van der Waals surface area (Å²) in [7, 11) is -3.51. The zero-order chi connectivity index (χ0) is 14.6. The van der Waals surface area contributed by atoms with E-state index in [-0.39, 0.29) is 23.6 Å². The van der Waals surface area contributed by atoms with Crippen molar-refractivity contribution in [1.82, 2.24) is 9.62 Å². The number of hydrogen-bond donors (Lipinski definition) is 2. The quantitative estimate of drug-likeness (QED) is 0.812. The maximum absolute atomic E-state index is 12.4. The van der Waals surface area contributed by atoms with Crippen molar-refractivity contribution in [2.24, 2.45) is 0 Å². The van der Waals surface area contributed by atoms with Gasteiger partial charge in [0.05, 0.1) is 11.5 Å². The topological polar surface area (TPSA) is 86.7 Å². The van der Waals surface area contributed by atoms with Crippen molar-refractivity contribution in [3.8, 4) is 0 Å². The van der Waals surface area contributed by atoms with Crippen LogP contribution in [0.5, 0.6) is 0 Å². The fraction of sp³-hybridized carbons (Fsp3) is 0.462. The van der Waals surface area contributed by atoms with E-state index >= 15 is 0 Å². The number of nitrogens with zero attached hydrogens (tertiary/aromatic N) is 1. The maximum atomic E-state index is 12.4. The highest BCUT2D eigenvalue weighted by Gasteiger charge is 2.27. The van der Waals surface area contributed by atoms with E-state index in [1.165, 1.54) is 16.4 Å². The molecule has 0 aromatic heterocycles. The van der Waals surface area contributed by atoms with Crippen LogP contribution < -0.4 is 5.32 Å². The molecule has 2 rings (SSSR count). The standard InChI is InChI=1S/C13H18N2O4S/c16-9-6-14-13(17)11-4-3-5-12(10-11)20(18,19)15-7-1-2-8-15/h3-5,10,16H,1-2,6-9H2,(H,14,17). The highest BCUT2D eigenvalue weighted by Crippen LogP contribution is 2.21. The first-order chi connectivity index (χ1) is 9.55. The highest BCUT2D eigenvalue weighted by atomic mass is 32.2. The smallest absolute Gasteiger partial charge is 0.251 e. The minimum Gasteiger partial charge on any atom is -0.395 e. The largest absolute Gasteiger partial charge is 0.395 e. The van der Waals surface area contributed by atoms with Gasteiger partial charge in [0.15, 0.2) is 0 Å². The summed E-state index contributed by atoms with van der Waals surface area (Å²) in [6.07, 6.45) is 1.74. The first-order valence-electron chi connectivity index (χ1n) is 6.55. The monoisotopic (exact) mass is 298 g/mol. The van der Waals surface area contributed by atoms with Gasteiger partial charge < -0.3 is 10.4 Å². The Morgan fingerprint density at radius 2 is 2.00 bits per heavy atom. The van der Waals surface area contributed by atoms with E-state index in [9.17, 15) is 13.2 Å². The summed E-state index contributed by atoms with van der Waals surface area (Å²) in [5.41, 5.74) is 0.277. The van der Waals surface area contributed by atoms with Crippen LogP contribution in [0.25, 0.3) is 0 Å². The van der Waals surface area contributed by atoms with E-state index < -0.39 is 15.9 Å². The van der Waals surface area contributed by atoms with E-state index in [0.717, 1.165) is 12.8 Å². The van der Waals surface area contributed by atoms with Crippen LogP contribution in [0, 0.1) is 0 Å². The number of amides is 1. The Labute approximate surface area is 118 Å². The van der Waals surface area contributed by atoms with Gasteiger partial charge in [-0.3, -0.25) is 4.79 Å². The predicted molar refractivity (Wildman–Crippen MR) is 73.9 cm³/mol. The molecule has 2 N–H and O–H groups in total. The van der Waals surface area contributed by atoms with Gasteiger partial charge in [0.2, 0.25) is 10.0 Å². The fourth-order valence-corrected chi connectivity index (χ4v) is 3.71. The van der Waals surface area contributed by atoms with Gasteiger partial charge in [-0.25, -0.2) is 8.42 Å². The Morgan fingerprint density at radius 3 is 2.65 bits per heavy atom. The number of hydrogen-bond acceptors (Lipinski definition) is 4. The van der Waals surface area contributed by atoms with Crippen LogP contribution >= 0.6 is 0 Å². The number of carbonyl (C=O) groups excluding carboxylic acids is 1. The van der Waals surface area contributed by atoms with Crippen LogP contribution in [0.4, 0.5) is 0 Å². The van der Waals surface area contributed by atoms with Crippen LogP contribution in [0.15, 0.2) is 29.2 Å². The van der Waals surface area contributed by atoms with Crippen molar-refractivity contribution in [2.75, 3.05) is 26.2 Å². The average Bonchev–Trinajstić information content (AvgIpc) is 2.99. The molecule has 20 heavy (non-hydrogen) atoms. The summed E-state index contributed by atoms with van der Waals surface area (Å²) in [6, 6.07) is 5.98. The molecule has 0 radical (unpaired) electrons. The van der Waals surface area contributed by atoms with Crippen LogP contribution in [-0.2, 0) is 10.0 Å². The van der Waals surface area contributed by atoms with Crippen LogP contribution in [-0.4, -0.2) is 50.0 Å². The van der Waals surface area contributed by atoms with Crippen molar-refractivity contribution >= 4 is 15.9 Å². The summed E-state index contributed by atoms with van der Waals surface area (Å²) >= 11 is 0. The number of sulfonamides is 1. The lowest BCUT2D eigenvalue weighted by atomic mass is 10.2. The molecule has 0 unspecified atom stereocenters. The first-order valence-corrected chi connectivity index (χ1v) is 7.99. The Kier molecular flexibility index (Phi) is 4.74. The molecule has 1 amide bonds. The number of aliphatic hydroxyl groups is 1. The molecule has 1 heterocycles. The van der Waals surface area contributed by atoms with Gasteiger partial charge in [-0.1, -0.05) is 6.07 Å². The molecule has 1 saturated heterocycles. The van der Waals surface area contributed by atoms with E-state index in [0.29, 0.717) is 13.1 Å². The molecule has 0 spiro atoms. The van der Waals surface area contributed by atoms with E-state index in [2.05, 4.69) is 5.32 Å². The number of aliphatic hydroxyl groups excluding tert-OH is 1. The van der Waals surface area contributed by atoms with E-state index in [1.807, 2.05) is 0 Å². The Hall–Kier alpha value is -1.44. The molecule has 0 saturated carbocycles. The lowest BCUT2D eigenvalue weighted by Gasteiger charge is -2.15. The number of carbonyl (C=O) groups is 1. The van der Waals surface area contributed by atoms with Crippen LogP contribution in [0.3, 0.4) is 0 Å². The van der Waals surface area contributed by atoms with Gasteiger partial charge in [0.25, 0.3) is 5.91 Å². The molecule has 0 aliphatic carbocycles. The van der Waals surface area contributed by atoms with Crippen molar-refractivity contribution in [3.05, 3.63) is 29.8 Å². The SMILES string of the molecule is O=C(NCCO)c1cccc(S(=O)(=O)N2CCCC2)c1. The Morgan fingerprint density at radius 1 is 1.30 bits per heavy atom. The van der Waals surface area contributed by atoms with Gasteiger partial charge in [-0.2, -0.15) is 4.31 Å². The van der Waals surface area contributed by atoms with Crippen LogP contribution in [0.1, 0.15) is 23.2 Å². The summed E-state index contributed by atoms with van der Waals surface area (Å²) < 4.78 is 26.2. The predicted octanol–water partition coefficient (Wildman–Crippen LogP) is 0.193. The maximum Gasteiger partial charge on any atom is 0.251 e. The fourth-order valence-electron chi connectivity index (χ4n) is 2.15. The van der Waals surface area contributed by atoms with Gasteiger partial charge in [-0.05, 0) is 31.0 Å². The first kappa shape index (κ1) is 15.0. The highest BCUT2D eigenvalue weighted by molar-refractivity contribution is 7.89. The van der Waals surface area contributed by atoms with Gasteiger partial charge in [0.1, 0.15) is 0 Å². The molecular weight excluding hydrogens is 280 g/mol. The van der Waals surface area contributed by atoms with Gasteiger partial charge >= 0.3 is 0 Å². The third-order valence-corrected chi connectivity index (χ3v) is 5.09. The molecule has 110 valence electrons. The molecule has 1 aliphatic rings. The second kappa shape index (κ2) is 6.34. The summed E-state index contributed by atoms with van der Waals surface area (Å²) in [5, 5.41) is 11.2. The Bertz CT molecular complexity index is 580. The van der Waals surface area contributed by atoms with Gasteiger partial charge in [0, 0.05) is 25.2 Å².